The fraction of sp³-hybridized carbons (Fsp3) is 0.294. The van der Waals surface area contributed by atoms with Crippen LogP contribution in [0.3, 0.4) is 0 Å². The van der Waals surface area contributed by atoms with Crippen molar-refractivity contribution in [2.24, 2.45) is 0 Å². The van der Waals surface area contributed by atoms with Crippen molar-refractivity contribution in [3.8, 4) is 0 Å². The van der Waals surface area contributed by atoms with Crippen LogP contribution in [-0.2, 0) is 0 Å². The molecule has 1 nitrogen and oxygen atoms in total. The number of aryl methyl sites for hydroxylation is 3. The first kappa shape index (κ1) is 14.4. The highest BCUT2D eigenvalue weighted by Crippen LogP contribution is 2.24. The second kappa shape index (κ2) is 5.95. The van der Waals surface area contributed by atoms with E-state index in [9.17, 15) is 0 Å². The van der Waals surface area contributed by atoms with Crippen molar-refractivity contribution in [2.75, 3.05) is 5.32 Å². The Morgan fingerprint density at radius 2 is 1.58 bits per heavy atom. The molecule has 0 aliphatic heterocycles. The van der Waals surface area contributed by atoms with Crippen LogP contribution >= 0.6 is 22.6 Å². The minimum Gasteiger partial charge on any atom is -0.378 e. The van der Waals surface area contributed by atoms with Crippen molar-refractivity contribution < 1.29 is 0 Å². The number of rotatable bonds is 3. The lowest BCUT2D eigenvalue weighted by Gasteiger charge is -2.18. The van der Waals surface area contributed by atoms with Gasteiger partial charge in [0.1, 0.15) is 0 Å². The standard InChI is InChI=1S/C17H20IN/c1-11-7-12(2)9-15(8-11)14(4)19-17-6-5-16(18)10-13(17)3/h5-10,14,19H,1-4H3. The number of anilines is 1. The Morgan fingerprint density at radius 1 is 0.947 bits per heavy atom. The molecule has 0 aliphatic carbocycles. The molecule has 0 fully saturated rings. The average Bonchev–Trinajstić information content (AvgIpc) is 2.31. The topological polar surface area (TPSA) is 12.0 Å². The summed E-state index contributed by atoms with van der Waals surface area (Å²) in [6.45, 7) is 8.67. The molecule has 0 bridgehead atoms. The van der Waals surface area contributed by atoms with Crippen molar-refractivity contribution in [1.82, 2.24) is 0 Å². The fourth-order valence-corrected chi connectivity index (χ4v) is 3.01. The van der Waals surface area contributed by atoms with Crippen LogP contribution in [0.25, 0.3) is 0 Å². The summed E-state index contributed by atoms with van der Waals surface area (Å²) >= 11 is 2.35. The number of benzene rings is 2. The van der Waals surface area contributed by atoms with Crippen LogP contribution in [0.2, 0.25) is 0 Å². The van der Waals surface area contributed by atoms with Gasteiger partial charge in [0.2, 0.25) is 0 Å². The maximum atomic E-state index is 3.60. The maximum Gasteiger partial charge on any atom is 0.0485 e. The third-order valence-corrected chi connectivity index (χ3v) is 3.98. The molecule has 0 saturated carbocycles. The predicted octanol–water partition coefficient (Wildman–Crippen LogP) is 5.39. The zero-order chi connectivity index (χ0) is 14.0. The minimum absolute atomic E-state index is 0.317. The molecule has 100 valence electrons. The zero-order valence-corrected chi connectivity index (χ0v) is 14.1. The zero-order valence-electron chi connectivity index (χ0n) is 11.9. The molecule has 0 aromatic heterocycles. The molecule has 1 N–H and O–H groups in total. The lowest BCUT2D eigenvalue weighted by Crippen LogP contribution is -2.08. The van der Waals surface area contributed by atoms with E-state index in [4.69, 9.17) is 0 Å². The van der Waals surface area contributed by atoms with Crippen LogP contribution in [0.15, 0.2) is 36.4 Å². The number of hydrogen-bond donors (Lipinski definition) is 1. The van der Waals surface area contributed by atoms with Crippen LogP contribution in [-0.4, -0.2) is 0 Å². The molecule has 0 aliphatic rings. The molecule has 1 atom stereocenters. The Balaban J connectivity index is 2.22. The number of hydrogen-bond acceptors (Lipinski definition) is 1. The van der Waals surface area contributed by atoms with E-state index in [0.717, 1.165) is 0 Å². The van der Waals surface area contributed by atoms with Gasteiger partial charge in [-0.05, 0) is 79.6 Å². The van der Waals surface area contributed by atoms with Gasteiger partial charge in [0, 0.05) is 15.3 Å². The van der Waals surface area contributed by atoms with E-state index in [1.807, 2.05) is 0 Å². The SMILES string of the molecule is Cc1cc(C)cc(C(C)Nc2ccc(I)cc2C)c1. The average molecular weight is 365 g/mol. The third kappa shape index (κ3) is 3.72. The van der Waals surface area contributed by atoms with Crippen LogP contribution in [0.1, 0.15) is 35.2 Å². The van der Waals surface area contributed by atoms with E-state index >= 15 is 0 Å². The first-order chi connectivity index (χ1) is 8.95. The van der Waals surface area contributed by atoms with E-state index in [0.29, 0.717) is 6.04 Å². The molecule has 19 heavy (non-hydrogen) atoms. The quantitative estimate of drug-likeness (QED) is 0.720. The Bertz CT molecular complexity index is 570. The second-order valence-corrected chi connectivity index (χ2v) is 6.49. The third-order valence-electron chi connectivity index (χ3n) is 3.30. The lowest BCUT2D eigenvalue weighted by atomic mass is 10.0. The van der Waals surface area contributed by atoms with E-state index < -0.39 is 0 Å². The van der Waals surface area contributed by atoms with Crippen LogP contribution in [0, 0.1) is 24.3 Å². The predicted molar refractivity (Wildman–Crippen MR) is 91.8 cm³/mol. The summed E-state index contributed by atoms with van der Waals surface area (Å²) < 4.78 is 1.28. The normalized spacial score (nSPS) is 12.3. The summed E-state index contributed by atoms with van der Waals surface area (Å²) in [6, 6.07) is 13.6. The summed E-state index contributed by atoms with van der Waals surface area (Å²) in [7, 11) is 0. The van der Waals surface area contributed by atoms with Crippen molar-refractivity contribution >= 4 is 28.3 Å². The molecular formula is C17H20IN. The van der Waals surface area contributed by atoms with Gasteiger partial charge in [-0.2, -0.15) is 0 Å². The fourth-order valence-electron chi connectivity index (χ4n) is 2.37. The largest absolute Gasteiger partial charge is 0.378 e. The minimum atomic E-state index is 0.317. The summed E-state index contributed by atoms with van der Waals surface area (Å²) in [5, 5.41) is 3.60. The molecule has 0 heterocycles. The molecule has 0 radical (unpaired) electrons. The van der Waals surface area contributed by atoms with Gasteiger partial charge in [-0.25, -0.2) is 0 Å². The smallest absolute Gasteiger partial charge is 0.0485 e. The highest BCUT2D eigenvalue weighted by molar-refractivity contribution is 14.1. The van der Waals surface area contributed by atoms with Crippen molar-refractivity contribution in [1.29, 1.82) is 0 Å². The monoisotopic (exact) mass is 365 g/mol. The van der Waals surface area contributed by atoms with Gasteiger partial charge in [-0.3, -0.25) is 0 Å². The van der Waals surface area contributed by atoms with E-state index in [2.05, 4.69) is 92.0 Å². The van der Waals surface area contributed by atoms with Gasteiger partial charge in [0.05, 0.1) is 0 Å². The van der Waals surface area contributed by atoms with Gasteiger partial charge >= 0.3 is 0 Å². The molecule has 0 spiro atoms. The van der Waals surface area contributed by atoms with Gasteiger partial charge in [0.15, 0.2) is 0 Å². The van der Waals surface area contributed by atoms with Crippen molar-refractivity contribution in [3.05, 3.63) is 62.2 Å². The Morgan fingerprint density at radius 3 is 2.16 bits per heavy atom. The van der Waals surface area contributed by atoms with Crippen LogP contribution < -0.4 is 5.32 Å². The maximum absolute atomic E-state index is 3.60. The lowest BCUT2D eigenvalue weighted by molar-refractivity contribution is 0.878. The molecule has 0 amide bonds. The summed E-state index contributed by atoms with van der Waals surface area (Å²) in [6.07, 6.45) is 0. The highest BCUT2D eigenvalue weighted by Gasteiger charge is 2.08. The molecule has 0 saturated heterocycles. The molecule has 1 unspecified atom stereocenters. The Labute approximate surface area is 129 Å². The van der Waals surface area contributed by atoms with E-state index in [-0.39, 0.29) is 0 Å². The van der Waals surface area contributed by atoms with E-state index in [1.165, 1.54) is 31.5 Å². The summed E-state index contributed by atoms with van der Waals surface area (Å²) in [5.74, 6) is 0. The van der Waals surface area contributed by atoms with Gasteiger partial charge < -0.3 is 5.32 Å². The van der Waals surface area contributed by atoms with Gasteiger partial charge in [-0.15, -0.1) is 0 Å². The molecule has 2 aromatic carbocycles. The number of nitrogens with one attached hydrogen (secondary N) is 1. The Hall–Kier alpha value is -1.03. The number of halogens is 1. The highest BCUT2D eigenvalue weighted by atomic mass is 127. The molecule has 2 rings (SSSR count). The first-order valence-corrected chi connectivity index (χ1v) is 7.64. The summed E-state index contributed by atoms with van der Waals surface area (Å²) in [5.41, 5.74) is 6.50. The van der Waals surface area contributed by atoms with Crippen molar-refractivity contribution in [3.63, 3.8) is 0 Å². The van der Waals surface area contributed by atoms with E-state index in [1.54, 1.807) is 0 Å². The molecule has 2 aromatic rings. The first-order valence-electron chi connectivity index (χ1n) is 6.56. The van der Waals surface area contributed by atoms with Crippen LogP contribution in [0.5, 0.6) is 0 Å². The molecule has 2 heteroatoms. The molecular weight excluding hydrogens is 345 g/mol. The summed E-state index contributed by atoms with van der Waals surface area (Å²) in [4.78, 5) is 0. The van der Waals surface area contributed by atoms with Gasteiger partial charge in [-0.1, -0.05) is 29.3 Å². The van der Waals surface area contributed by atoms with Crippen molar-refractivity contribution in [2.45, 2.75) is 33.7 Å². The van der Waals surface area contributed by atoms with Gasteiger partial charge in [0.25, 0.3) is 0 Å². The Kier molecular flexibility index (Phi) is 4.50. The van der Waals surface area contributed by atoms with Crippen LogP contribution in [0.4, 0.5) is 5.69 Å². The second-order valence-electron chi connectivity index (χ2n) is 5.25.